The molecule has 2 amide bonds. The lowest BCUT2D eigenvalue weighted by atomic mass is 9.64. The summed E-state index contributed by atoms with van der Waals surface area (Å²) in [5.74, 6) is 1.86. The number of piperidine rings is 3. The summed E-state index contributed by atoms with van der Waals surface area (Å²) < 4.78 is 0. The van der Waals surface area contributed by atoms with Gasteiger partial charge in [0.2, 0.25) is 11.8 Å². The minimum atomic E-state index is 0.0158. The zero-order valence-corrected chi connectivity index (χ0v) is 19.5. The van der Waals surface area contributed by atoms with E-state index in [1.807, 2.05) is 11.9 Å². The summed E-state index contributed by atoms with van der Waals surface area (Å²) in [6, 6.07) is 0.841. The van der Waals surface area contributed by atoms with Gasteiger partial charge in [-0.25, -0.2) is 0 Å². The first-order chi connectivity index (χ1) is 14.3. The summed E-state index contributed by atoms with van der Waals surface area (Å²) in [6.07, 6.45) is 6.65. The zero-order valence-electron chi connectivity index (χ0n) is 18.7. The van der Waals surface area contributed by atoms with Crippen LogP contribution in [0.1, 0.15) is 58.8 Å². The standard InChI is InChI=1S/C23H39ClN4O2/c1-13-4-5-15(22(29)27-21-7-6-17(24)12-26-21)9-18(13)19-10-16-11-25-14(2)8-20(16)28(3)23(19)30/h13-21,25-26H,4-12H2,1-3H3,(H,27,29). The normalized spacial score (nSPS) is 45.0. The molecule has 0 bridgehead atoms. The second-order valence-corrected chi connectivity index (χ2v) is 11.1. The number of rotatable bonds is 3. The number of halogens is 1. The predicted octanol–water partition coefficient (Wildman–Crippen LogP) is 2.32. The molecule has 0 aromatic carbocycles. The largest absolute Gasteiger partial charge is 0.342 e. The Morgan fingerprint density at radius 3 is 2.60 bits per heavy atom. The van der Waals surface area contributed by atoms with E-state index in [2.05, 4.69) is 29.8 Å². The van der Waals surface area contributed by atoms with Gasteiger partial charge in [-0.2, -0.15) is 0 Å². The van der Waals surface area contributed by atoms with Gasteiger partial charge in [0.05, 0.1) is 6.17 Å². The van der Waals surface area contributed by atoms with Crippen molar-refractivity contribution in [3.05, 3.63) is 0 Å². The molecule has 0 spiro atoms. The Balaban J connectivity index is 1.39. The topological polar surface area (TPSA) is 73.5 Å². The Kier molecular flexibility index (Phi) is 6.95. The molecular formula is C23H39ClN4O2. The molecule has 170 valence electrons. The highest BCUT2D eigenvalue weighted by Gasteiger charge is 2.47. The van der Waals surface area contributed by atoms with Crippen LogP contribution in [0.5, 0.6) is 0 Å². The van der Waals surface area contributed by atoms with Crippen LogP contribution in [-0.2, 0) is 9.59 Å². The van der Waals surface area contributed by atoms with E-state index in [1.54, 1.807) is 0 Å². The minimum Gasteiger partial charge on any atom is -0.342 e. The average molecular weight is 439 g/mol. The lowest BCUT2D eigenvalue weighted by Gasteiger charge is -2.50. The number of hydrogen-bond donors (Lipinski definition) is 3. The second-order valence-electron chi connectivity index (χ2n) is 10.5. The first-order valence-corrected chi connectivity index (χ1v) is 12.4. The van der Waals surface area contributed by atoms with Crippen molar-refractivity contribution >= 4 is 23.4 Å². The number of likely N-dealkylation sites (tertiary alicyclic amines) is 1. The van der Waals surface area contributed by atoms with E-state index in [0.29, 0.717) is 35.7 Å². The van der Waals surface area contributed by atoms with E-state index < -0.39 is 0 Å². The van der Waals surface area contributed by atoms with Gasteiger partial charge in [-0.05, 0) is 69.6 Å². The van der Waals surface area contributed by atoms with Crippen LogP contribution in [0.15, 0.2) is 0 Å². The van der Waals surface area contributed by atoms with E-state index in [-0.39, 0.29) is 29.3 Å². The summed E-state index contributed by atoms with van der Waals surface area (Å²) in [7, 11) is 2.00. The maximum absolute atomic E-state index is 13.3. The van der Waals surface area contributed by atoms with E-state index >= 15 is 0 Å². The number of carbonyl (C=O) groups is 2. The van der Waals surface area contributed by atoms with E-state index in [1.165, 1.54) is 0 Å². The van der Waals surface area contributed by atoms with Crippen LogP contribution in [0.4, 0.5) is 0 Å². The van der Waals surface area contributed by atoms with Crippen molar-refractivity contribution < 1.29 is 9.59 Å². The van der Waals surface area contributed by atoms with Crippen molar-refractivity contribution in [1.29, 1.82) is 0 Å². The number of hydrogen-bond acceptors (Lipinski definition) is 4. The van der Waals surface area contributed by atoms with Crippen molar-refractivity contribution in [3.63, 3.8) is 0 Å². The molecule has 3 N–H and O–H groups in total. The lowest BCUT2D eigenvalue weighted by molar-refractivity contribution is -0.149. The third kappa shape index (κ3) is 4.66. The molecule has 3 heterocycles. The van der Waals surface area contributed by atoms with Crippen LogP contribution in [0.25, 0.3) is 0 Å². The molecular weight excluding hydrogens is 400 g/mol. The first kappa shape index (κ1) is 22.3. The molecule has 3 saturated heterocycles. The summed E-state index contributed by atoms with van der Waals surface area (Å²) >= 11 is 6.15. The molecule has 4 rings (SSSR count). The molecule has 1 aliphatic carbocycles. The molecule has 4 fully saturated rings. The molecule has 0 radical (unpaired) electrons. The Bertz CT molecular complexity index is 639. The monoisotopic (exact) mass is 438 g/mol. The Morgan fingerprint density at radius 1 is 1.07 bits per heavy atom. The number of fused-ring (bicyclic) bond motifs is 1. The van der Waals surface area contributed by atoms with Crippen molar-refractivity contribution in [3.8, 4) is 0 Å². The third-order valence-corrected chi connectivity index (χ3v) is 8.78. The fourth-order valence-corrected chi connectivity index (χ4v) is 6.66. The smallest absolute Gasteiger partial charge is 0.225 e. The highest BCUT2D eigenvalue weighted by atomic mass is 35.5. The quantitative estimate of drug-likeness (QED) is 0.591. The predicted molar refractivity (Wildman–Crippen MR) is 119 cm³/mol. The fourth-order valence-electron chi connectivity index (χ4n) is 6.44. The molecule has 9 atom stereocenters. The van der Waals surface area contributed by atoms with Crippen LogP contribution >= 0.6 is 11.6 Å². The average Bonchev–Trinajstić information content (AvgIpc) is 2.73. The van der Waals surface area contributed by atoms with Crippen LogP contribution in [0, 0.1) is 29.6 Å². The van der Waals surface area contributed by atoms with Crippen molar-refractivity contribution in [2.75, 3.05) is 20.1 Å². The van der Waals surface area contributed by atoms with Gasteiger partial charge in [0, 0.05) is 49.4 Å². The molecule has 1 saturated carbocycles. The van der Waals surface area contributed by atoms with Crippen molar-refractivity contribution in [2.45, 2.75) is 82.4 Å². The Morgan fingerprint density at radius 2 is 1.87 bits per heavy atom. The molecule has 4 aliphatic rings. The van der Waals surface area contributed by atoms with Gasteiger partial charge in [-0.1, -0.05) is 6.92 Å². The van der Waals surface area contributed by atoms with Crippen LogP contribution in [0.3, 0.4) is 0 Å². The number of carbonyl (C=O) groups excluding carboxylic acids is 2. The highest BCUT2D eigenvalue weighted by molar-refractivity contribution is 6.20. The number of amides is 2. The summed E-state index contributed by atoms with van der Waals surface area (Å²) in [5, 5.41) is 10.3. The van der Waals surface area contributed by atoms with E-state index in [0.717, 1.165) is 58.0 Å². The van der Waals surface area contributed by atoms with E-state index in [9.17, 15) is 9.59 Å². The minimum absolute atomic E-state index is 0.0158. The molecule has 30 heavy (non-hydrogen) atoms. The van der Waals surface area contributed by atoms with Crippen molar-refractivity contribution in [1.82, 2.24) is 20.9 Å². The third-order valence-electron chi connectivity index (χ3n) is 8.40. The fraction of sp³-hybridized carbons (Fsp3) is 0.913. The van der Waals surface area contributed by atoms with Gasteiger partial charge in [0.1, 0.15) is 0 Å². The van der Waals surface area contributed by atoms with Gasteiger partial charge in [0.15, 0.2) is 0 Å². The molecule has 6 nitrogen and oxygen atoms in total. The summed E-state index contributed by atoms with van der Waals surface area (Å²) in [6.45, 7) is 6.24. The maximum Gasteiger partial charge on any atom is 0.225 e. The van der Waals surface area contributed by atoms with Gasteiger partial charge in [-0.15, -0.1) is 11.6 Å². The SMILES string of the molecule is CC1CC2C(CN1)CC(C1CC(C(=O)NC3CCC(Cl)CN3)CCC1C)C(=O)N2C. The van der Waals surface area contributed by atoms with Gasteiger partial charge >= 0.3 is 0 Å². The van der Waals surface area contributed by atoms with Crippen molar-refractivity contribution in [2.24, 2.45) is 29.6 Å². The molecule has 0 aromatic heterocycles. The molecule has 0 aromatic rings. The first-order valence-electron chi connectivity index (χ1n) is 12.0. The van der Waals surface area contributed by atoms with Crippen LogP contribution in [-0.4, -0.2) is 60.5 Å². The number of alkyl halides is 1. The highest BCUT2D eigenvalue weighted by Crippen LogP contribution is 2.44. The van der Waals surface area contributed by atoms with Crippen LogP contribution in [0.2, 0.25) is 0 Å². The van der Waals surface area contributed by atoms with Gasteiger partial charge in [0.25, 0.3) is 0 Å². The lowest BCUT2D eigenvalue weighted by Crippen LogP contribution is -2.60. The molecule has 7 heteroatoms. The number of nitrogens with one attached hydrogen (secondary N) is 3. The van der Waals surface area contributed by atoms with Crippen LogP contribution < -0.4 is 16.0 Å². The number of nitrogens with zero attached hydrogens (tertiary/aromatic N) is 1. The summed E-state index contributed by atoms with van der Waals surface area (Å²) in [5.41, 5.74) is 0. The maximum atomic E-state index is 13.3. The van der Waals surface area contributed by atoms with Gasteiger partial charge < -0.3 is 15.5 Å². The van der Waals surface area contributed by atoms with Gasteiger partial charge in [-0.3, -0.25) is 14.9 Å². The molecule has 3 aliphatic heterocycles. The zero-order chi connectivity index (χ0) is 21.4. The second kappa shape index (κ2) is 9.33. The Hall–Kier alpha value is -0.850. The Labute approximate surface area is 186 Å². The van der Waals surface area contributed by atoms with E-state index in [4.69, 9.17) is 11.6 Å². The summed E-state index contributed by atoms with van der Waals surface area (Å²) in [4.78, 5) is 28.4. The molecule has 9 unspecified atom stereocenters.